The van der Waals surface area contributed by atoms with Crippen molar-refractivity contribution in [2.75, 3.05) is 12.4 Å². The molecule has 3 aromatic carbocycles. The summed E-state index contributed by atoms with van der Waals surface area (Å²) in [4.78, 5) is 26.3. The van der Waals surface area contributed by atoms with Gasteiger partial charge in [0.2, 0.25) is 5.78 Å². The van der Waals surface area contributed by atoms with E-state index in [0.29, 0.717) is 22.3 Å². The Morgan fingerprint density at radius 3 is 2.39 bits per heavy atom. The minimum atomic E-state index is -0.973. The van der Waals surface area contributed by atoms with Crippen LogP contribution < -0.4 is 14.8 Å². The number of halogens is 1. The molecule has 0 fully saturated rings. The molecule has 1 N–H and O–H groups in total. The maximum absolute atomic E-state index is 14.0. The molecular formula is C26H22FNO5. The van der Waals surface area contributed by atoms with Crippen LogP contribution in [-0.2, 0) is 4.79 Å². The third-order valence-corrected chi connectivity index (χ3v) is 5.17. The molecule has 0 radical (unpaired) electrons. The van der Waals surface area contributed by atoms with E-state index in [4.69, 9.17) is 13.9 Å². The maximum Gasteiger partial charge on any atom is 0.265 e. The zero-order valence-corrected chi connectivity index (χ0v) is 18.1. The maximum atomic E-state index is 14.0. The van der Waals surface area contributed by atoms with Gasteiger partial charge in [-0.15, -0.1) is 0 Å². The van der Waals surface area contributed by atoms with Gasteiger partial charge in [0.1, 0.15) is 11.3 Å². The summed E-state index contributed by atoms with van der Waals surface area (Å²) >= 11 is 0. The molecule has 4 rings (SSSR count). The van der Waals surface area contributed by atoms with Gasteiger partial charge in [-0.1, -0.05) is 31.2 Å². The highest BCUT2D eigenvalue weighted by Crippen LogP contribution is 2.33. The zero-order valence-electron chi connectivity index (χ0n) is 18.1. The van der Waals surface area contributed by atoms with Gasteiger partial charge >= 0.3 is 0 Å². The van der Waals surface area contributed by atoms with E-state index < -0.39 is 23.6 Å². The van der Waals surface area contributed by atoms with Gasteiger partial charge < -0.3 is 19.2 Å². The number of amides is 1. The van der Waals surface area contributed by atoms with Gasteiger partial charge in [0.05, 0.1) is 12.8 Å². The van der Waals surface area contributed by atoms with Crippen molar-refractivity contribution in [3.8, 4) is 11.5 Å². The number of rotatable bonds is 8. The number of carbonyl (C=O) groups excluding carboxylic acids is 2. The number of fused-ring (bicyclic) bond motifs is 1. The Balaban J connectivity index is 1.66. The van der Waals surface area contributed by atoms with E-state index in [1.165, 1.54) is 25.3 Å². The van der Waals surface area contributed by atoms with Gasteiger partial charge in [-0.25, -0.2) is 4.39 Å². The molecular weight excluding hydrogens is 425 g/mol. The van der Waals surface area contributed by atoms with E-state index in [2.05, 4.69) is 5.32 Å². The Bertz CT molecular complexity index is 1300. The summed E-state index contributed by atoms with van der Waals surface area (Å²) in [5, 5.41) is 3.34. The summed E-state index contributed by atoms with van der Waals surface area (Å²) in [6.45, 7) is 1.75. The van der Waals surface area contributed by atoms with Crippen molar-refractivity contribution in [1.82, 2.24) is 0 Å². The highest BCUT2D eigenvalue weighted by Gasteiger charge is 2.27. The fourth-order valence-corrected chi connectivity index (χ4v) is 3.42. The SMILES string of the molecule is CCC(Oc1ccccc1F)C(=O)Nc1c(C(=O)c2ccc(OC)cc2)oc2ccccc12. The zero-order chi connectivity index (χ0) is 23.4. The number of hydrogen-bond acceptors (Lipinski definition) is 5. The fourth-order valence-electron chi connectivity index (χ4n) is 3.42. The minimum Gasteiger partial charge on any atom is -0.497 e. The fraction of sp³-hybridized carbons (Fsp3) is 0.154. The van der Waals surface area contributed by atoms with Crippen LogP contribution in [0.15, 0.2) is 77.2 Å². The Morgan fingerprint density at radius 2 is 1.70 bits per heavy atom. The molecule has 168 valence electrons. The first kappa shape index (κ1) is 22.1. The molecule has 0 aliphatic rings. The normalized spacial score (nSPS) is 11.7. The highest BCUT2D eigenvalue weighted by atomic mass is 19.1. The van der Waals surface area contributed by atoms with Gasteiger partial charge in [-0.2, -0.15) is 0 Å². The van der Waals surface area contributed by atoms with Crippen molar-refractivity contribution in [1.29, 1.82) is 0 Å². The summed E-state index contributed by atoms with van der Waals surface area (Å²) in [7, 11) is 1.54. The third-order valence-electron chi connectivity index (χ3n) is 5.17. The second kappa shape index (κ2) is 9.56. The number of nitrogens with one attached hydrogen (secondary N) is 1. The highest BCUT2D eigenvalue weighted by molar-refractivity contribution is 6.17. The molecule has 6 nitrogen and oxygen atoms in total. The number of carbonyl (C=O) groups is 2. The largest absolute Gasteiger partial charge is 0.497 e. The Morgan fingerprint density at radius 1 is 1.00 bits per heavy atom. The number of benzene rings is 3. The van der Waals surface area contributed by atoms with Crippen LogP contribution in [0.5, 0.6) is 11.5 Å². The van der Waals surface area contributed by atoms with Crippen LogP contribution >= 0.6 is 0 Å². The van der Waals surface area contributed by atoms with Gasteiger partial charge in [0.25, 0.3) is 5.91 Å². The second-order valence-electron chi connectivity index (χ2n) is 7.29. The molecule has 1 aromatic heterocycles. The molecule has 1 amide bonds. The van der Waals surface area contributed by atoms with E-state index in [-0.39, 0.29) is 23.6 Å². The van der Waals surface area contributed by atoms with Crippen LogP contribution in [0.1, 0.15) is 29.5 Å². The summed E-state index contributed by atoms with van der Waals surface area (Å²) in [5.41, 5.74) is 1.07. The van der Waals surface area contributed by atoms with E-state index in [0.717, 1.165) is 0 Å². The van der Waals surface area contributed by atoms with Gasteiger partial charge in [0, 0.05) is 10.9 Å². The standard InChI is InChI=1S/C26H22FNO5/c1-3-20(32-22-11-7-5-9-19(22)27)26(30)28-23-18-8-4-6-10-21(18)33-25(23)24(29)16-12-14-17(31-2)15-13-16/h4-15,20H,3H2,1-2H3,(H,28,30). The number of furan rings is 1. The molecule has 0 saturated carbocycles. The van der Waals surface area contributed by atoms with E-state index in [1.54, 1.807) is 61.5 Å². The number of para-hydroxylation sites is 2. The smallest absolute Gasteiger partial charge is 0.265 e. The molecule has 0 aliphatic carbocycles. The van der Waals surface area contributed by atoms with Crippen LogP contribution in [0, 0.1) is 5.82 Å². The molecule has 0 aliphatic heterocycles. The van der Waals surface area contributed by atoms with Gasteiger partial charge in [-0.05, 0) is 55.0 Å². The Kier molecular flexibility index (Phi) is 6.40. The molecule has 1 unspecified atom stereocenters. The quantitative estimate of drug-likeness (QED) is 0.355. The molecule has 1 heterocycles. The third kappa shape index (κ3) is 4.57. The van der Waals surface area contributed by atoms with Crippen molar-refractivity contribution < 1.29 is 27.9 Å². The molecule has 33 heavy (non-hydrogen) atoms. The lowest BCUT2D eigenvalue weighted by atomic mass is 10.1. The number of hydrogen-bond donors (Lipinski definition) is 1. The van der Waals surface area contributed by atoms with E-state index in [9.17, 15) is 14.0 Å². The van der Waals surface area contributed by atoms with Crippen molar-refractivity contribution in [2.24, 2.45) is 0 Å². The average Bonchev–Trinajstić information content (AvgIpc) is 3.21. The summed E-state index contributed by atoms with van der Waals surface area (Å²) < 4.78 is 30.6. The van der Waals surface area contributed by atoms with Gasteiger partial charge in [-0.3, -0.25) is 9.59 Å². The van der Waals surface area contributed by atoms with E-state index >= 15 is 0 Å². The van der Waals surface area contributed by atoms with E-state index in [1.807, 2.05) is 0 Å². The lowest BCUT2D eigenvalue weighted by Crippen LogP contribution is -2.33. The number of ether oxygens (including phenoxy) is 2. The summed E-state index contributed by atoms with van der Waals surface area (Å²) in [6.07, 6.45) is -0.683. The predicted octanol–water partition coefficient (Wildman–Crippen LogP) is 5.61. The molecule has 1 atom stereocenters. The first-order valence-electron chi connectivity index (χ1n) is 10.4. The first-order valence-corrected chi connectivity index (χ1v) is 10.4. The molecule has 0 bridgehead atoms. The number of methoxy groups -OCH3 is 1. The van der Waals surface area contributed by atoms with Crippen molar-refractivity contribution >= 4 is 28.3 Å². The Labute approximate surface area is 189 Å². The van der Waals surface area contributed by atoms with Crippen LogP contribution in [0.2, 0.25) is 0 Å². The molecule has 0 saturated heterocycles. The summed E-state index contributed by atoms with van der Waals surface area (Å²) in [5.74, 6) is -0.890. The van der Waals surface area contributed by atoms with Crippen molar-refractivity contribution in [3.05, 3.63) is 89.9 Å². The van der Waals surface area contributed by atoms with Crippen molar-refractivity contribution in [3.63, 3.8) is 0 Å². The summed E-state index contributed by atoms with van der Waals surface area (Å²) in [6, 6.07) is 19.5. The number of ketones is 1. The molecule has 0 spiro atoms. The van der Waals surface area contributed by atoms with Crippen LogP contribution in [0.4, 0.5) is 10.1 Å². The second-order valence-corrected chi connectivity index (χ2v) is 7.29. The monoisotopic (exact) mass is 447 g/mol. The van der Waals surface area contributed by atoms with Crippen LogP contribution in [0.25, 0.3) is 11.0 Å². The predicted molar refractivity (Wildman–Crippen MR) is 122 cm³/mol. The lowest BCUT2D eigenvalue weighted by Gasteiger charge is -2.17. The molecule has 7 heteroatoms. The van der Waals surface area contributed by atoms with Crippen LogP contribution in [-0.4, -0.2) is 24.9 Å². The average molecular weight is 447 g/mol. The first-order chi connectivity index (χ1) is 16.0. The molecule has 4 aromatic rings. The number of anilines is 1. The van der Waals surface area contributed by atoms with Gasteiger partial charge in [0.15, 0.2) is 23.4 Å². The Hall–Kier alpha value is -4.13. The topological polar surface area (TPSA) is 77.8 Å². The van der Waals surface area contributed by atoms with Crippen molar-refractivity contribution in [2.45, 2.75) is 19.4 Å². The lowest BCUT2D eigenvalue weighted by molar-refractivity contribution is -0.122. The minimum absolute atomic E-state index is 0.00420. The van der Waals surface area contributed by atoms with Crippen LogP contribution in [0.3, 0.4) is 0 Å².